The second-order valence-electron chi connectivity index (χ2n) is 4.30. The molecule has 0 saturated heterocycles. The van der Waals surface area contributed by atoms with E-state index in [0.29, 0.717) is 10.7 Å². The Morgan fingerprint density at radius 3 is 2.33 bits per heavy atom. The molecule has 0 aliphatic heterocycles. The Morgan fingerprint density at radius 2 is 1.80 bits per heavy atom. The monoisotopic (exact) mass is 226 g/mol. The van der Waals surface area contributed by atoms with Crippen molar-refractivity contribution in [3.8, 4) is 0 Å². The van der Waals surface area contributed by atoms with Crippen molar-refractivity contribution >= 4 is 12.2 Å². The summed E-state index contributed by atoms with van der Waals surface area (Å²) < 4.78 is 2.05. The van der Waals surface area contributed by atoms with E-state index in [1.165, 1.54) is 49.6 Å². The molecular formula is C10H18N4S. The summed E-state index contributed by atoms with van der Waals surface area (Å²) in [5, 5.41) is 6.99. The highest BCUT2D eigenvalue weighted by Gasteiger charge is 2.18. The number of nitrogens with one attached hydrogen (secondary N) is 1. The van der Waals surface area contributed by atoms with Crippen LogP contribution in [-0.4, -0.2) is 14.9 Å². The van der Waals surface area contributed by atoms with Gasteiger partial charge in [0.05, 0.1) is 0 Å². The second-order valence-corrected chi connectivity index (χ2v) is 4.69. The molecule has 1 aromatic heterocycles. The zero-order valence-electron chi connectivity index (χ0n) is 8.91. The second kappa shape index (κ2) is 4.79. The number of aromatic amines is 1. The van der Waals surface area contributed by atoms with E-state index >= 15 is 0 Å². The minimum absolute atomic E-state index is 0.489. The fourth-order valence-electron chi connectivity index (χ4n) is 2.32. The third-order valence-electron chi connectivity index (χ3n) is 3.20. The van der Waals surface area contributed by atoms with Crippen LogP contribution >= 0.6 is 12.2 Å². The Balaban J connectivity index is 2.13. The van der Waals surface area contributed by atoms with E-state index in [0.717, 1.165) is 5.82 Å². The molecule has 15 heavy (non-hydrogen) atoms. The third kappa shape index (κ3) is 2.40. The number of nitrogens with zero attached hydrogens (tertiary/aromatic N) is 2. The predicted octanol–water partition coefficient (Wildman–Crippen LogP) is 2.48. The Labute approximate surface area is 94.8 Å². The molecule has 0 amide bonds. The average molecular weight is 226 g/mol. The Bertz CT molecular complexity index is 360. The lowest BCUT2D eigenvalue weighted by atomic mass is 9.91. The summed E-state index contributed by atoms with van der Waals surface area (Å²) in [6.07, 6.45) is 9.00. The predicted molar refractivity (Wildman–Crippen MR) is 62.6 cm³/mol. The van der Waals surface area contributed by atoms with Crippen molar-refractivity contribution in [2.75, 3.05) is 5.84 Å². The molecule has 0 unspecified atom stereocenters. The fraction of sp³-hybridized carbons (Fsp3) is 0.800. The molecular weight excluding hydrogens is 208 g/mol. The third-order valence-corrected chi connectivity index (χ3v) is 3.49. The van der Waals surface area contributed by atoms with Crippen molar-refractivity contribution in [1.82, 2.24) is 14.9 Å². The Morgan fingerprint density at radius 1 is 1.20 bits per heavy atom. The van der Waals surface area contributed by atoms with E-state index in [-0.39, 0.29) is 0 Å². The first-order valence-electron chi connectivity index (χ1n) is 5.71. The molecule has 1 aliphatic rings. The number of nitrogens with two attached hydrogens (primary N) is 1. The molecule has 0 radical (unpaired) electrons. The van der Waals surface area contributed by atoms with Crippen LogP contribution in [0.25, 0.3) is 0 Å². The fourth-order valence-corrected chi connectivity index (χ4v) is 2.46. The SMILES string of the molecule is Nn1c(C2CCCCCCC2)n[nH]c1=S. The lowest BCUT2D eigenvalue weighted by Crippen LogP contribution is -2.17. The lowest BCUT2D eigenvalue weighted by molar-refractivity contribution is 0.437. The molecule has 0 spiro atoms. The quantitative estimate of drug-likeness (QED) is 0.571. The maximum atomic E-state index is 5.84. The standard InChI is InChI=1S/C10H18N4S/c11-14-9(12-13-10(14)15)8-6-4-2-1-3-5-7-8/h8H,1-7,11H2,(H,13,15). The van der Waals surface area contributed by atoms with E-state index < -0.39 is 0 Å². The van der Waals surface area contributed by atoms with E-state index in [2.05, 4.69) is 10.2 Å². The largest absolute Gasteiger partial charge is 0.335 e. The van der Waals surface area contributed by atoms with Crippen molar-refractivity contribution in [2.24, 2.45) is 0 Å². The maximum Gasteiger partial charge on any atom is 0.214 e. The van der Waals surface area contributed by atoms with Crippen LogP contribution in [0.3, 0.4) is 0 Å². The zero-order chi connectivity index (χ0) is 10.7. The summed E-state index contributed by atoms with van der Waals surface area (Å²) in [6, 6.07) is 0. The van der Waals surface area contributed by atoms with Gasteiger partial charge in [0.15, 0.2) is 5.82 Å². The number of nitrogen functional groups attached to an aromatic ring is 1. The first kappa shape index (κ1) is 10.7. The van der Waals surface area contributed by atoms with Gasteiger partial charge >= 0.3 is 0 Å². The molecule has 1 aliphatic carbocycles. The molecule has 1 saturated carbocycles. The van der Waals surface area contributed by atoms with Crippen LogP contribution in [0.5, 0.6) is 0 Å². The molecule has 5 heteroatoms. The van der Waals surface area contributed by atoms with Crippen molar-refractivity contribution in [2.45, 2.75) is 50.9 Å². The van der Waals surface area contributed by atoms with Gasteiger partial charge in [0, 0.05) is 5.92 Å². The van der Waals surface area contributed by atoms with Gasteiger partial charge in [0.2, 0.25) is 4.77 Å². The number of hydrogen-bond acceptors (Lipinski definition) is 3. The molecule has 1 aromatic rings. The Kier molecular flexibility index (Phi) is 3.41. The van der Waals surface area contributed by atoms with Crippen molar-refractivity contribution in [1.29, 1.82) is 0 Å². The maximum absolute atomic E-state index is 5.84. The number of H-pyrrole nitrogens is 1. The van der Waals surface area contributed by atoms with Crippen molar-refractivity contribution in [3.63, 3.8) is 0 Å². The Hall–Kier alpha value is -0.840. The molecule has 2 rings (SSSR count). The van der Waals surface area contributed by atoms with E-state index in [9.17, 15) is 0 Å². The lowest BCUT2D eigenvalue weighted by Gasteiger charge is -2.18. The van der Waals surface area contributed by atoms with Gasteiger partial charge in [-0.15, -0.1) is 0 Å². The van der Waals surface area contributed by atoms with Gasteiger partial charge in [-0.3, -0.25) is 5.10 Å². The van der Waals surface area contributed by atoms with Crippen molar-refractivity contribution < 1.29 is 0 Å². The van der Waals surface area contributed by atoms with E-state index in [1.807, 2.05) is 0 Å². The zero-order valence-corrected chi connectivity index (χ0v) is 9.72. The van der Waals surface area contributed by atoms with E-state index in [1.54, 1.807) is 0 Å². The van der Waals surface area contributed by atoms with Gasteiger partial charge in [0.25, 0.3) is 0 Å². The van der Waals surface area contributed by atoms with Gasteiger partial charge < -0.3 is 5.84 Å². The minimum atomic E-state index is 0.489. The van der Waals surface area contributed by atoms with Crippen LogP contribution in [0.4, 0.5) is 0 Å². The minimum Gasteiger partial charge on any atom is -0.335 e. The van der Waals surface area contributed by atoms with Gasteiger partial charge in [-0.25, -0.2) is 4.68 Å². The summed E-state index contributed by atoms with van der Waals surface area (Å²) >= 11 is 5.02. The summed E-state index contributed by atoms with van der Waals surface area (Å²) in [5.74, 6) is 7.26. The van der Waals surface area contributed by atoms with Crippen LogP contribution < -0.4 is 5.84 Å². The number of aromatic nitrogens is 3. The summed E-state index contributed by atoms with van der Waals surface area (Å²) in [6.45, 7) is 0. The van der Waals surface area contributed by atoms with Gasteiger partial charge in [-0.1, -0.05) is 32.1 Å². The first-order valence-corrected chi connectivity index (χ1v) is 6.12. The highest BCUT2D eigenvalue weighted by atomic mass is 32.1. The first-order chi connectivity index (χ1) is 7.29. The highest BCUT2D eigenvalue weighted by molar-refractivity contribution is 7.71. The molecule has 84 valence electrons. The van der Waals surface area contributed by atoms with Crippen LogP contribution in [0.15, 0.2) is 0 Å². The summed E-state index contributed by atoms with van der Waals surface area (Å²) in [7, 11) is 0. The van der Waals surface area contributed by atoms with Crippen LogP contribution in [0.2, 0.25) is 0 Å². The molecule has 1 heterocycles. The van der Waals surface area contributed by atoms with Gasteiger partial charge in [0.1, 0.15) is 0 Å². The topological polar surface area (TPSA) is 59.6 Å². The van der Waals surface area contributed by atoms with Gasteiger partial charge in [-0.05, 0) is 25.1 Å². The summed E-state index contributed by atoms with van der Waals surface area (Å²) in [5.41, 5.74) is 0. The van der Waals surface area contributed by atoms with Crippen LogP contribution in [-0.2, 0) is 0 Å². The van der Waals surface area contributed by atoms with E-state index in [4.69, 9.17) is 18.1 Å². The molecule has 0 bridgehead atoms. The highest BCUT2D eigenvalue weighted by Crippen LogP contribution is 2.28. The average Bonchev–Trinajstić information content (AvgIpc) is 2.48. The van der Waals surface area contributed by atoms with Crippen molar-refractivity contribution in [3.05, 3.63) is 10.6 Å². The normalized spacial score (nSPS) is 19.7. The van der Waals surface area contributed by atoms with Gasteiger partial charge in [-0.2, -0.15) is 5.10 Å². The molecule has 1 fully saturated rings. The molecule has 4 nitrogen and oxygen atoms in total. The molecule has 0 atom stereocenters. The number of hydrogen-bond donors (Lipinski definition) is 2. The summed E-state index contributed by atoms with van der Waals surface area (Å²) in [4.78, 5) is 0. The number of rotatable bonds is 1. The van der Waals surface area contributed by atoms with Crippen LogP contribution in [0.1, 0.15) is 56.7 Å². The van der Waals surface area contributed by atoms with Crippen LogP contribution in [0, 0.1) is 4.77 Å². The smallest absolute Gasteiger partial charge is 0.214 e. The molecule has 3 N–H and O–H groups in total. The molecule has 0 aromatic carbocycles.